The van der Waals surface area contributed by atoms with Crippen LogP contribution in [0.25, 0.3) is 10.9 Å². The summed E-state index contributed by atoms with van der Waals surface area (Å²) >= 11 is 0. The number of nitrogens with zero attached hydrogens (tertiary/aromatic N) is 2. The van der Waals surface area contributed by atoms with E-state index in [4.69, 9.17) is 0 Å². The number of fused-ring (bicyclic) bond motifs is 1. The van der Waals surface area contributed by atoms with Crippen molar-refractivity contribution in [3.05, 3.63) is 42.1 Å². The Morgan fingerprint density at radius 3 is 2.95 bits per heavy atom. The van der Waals surface area contributed by atoms with Crippen molar-refractivity contribution >= 4 is 16.8 Å². The molecule has 0 aliphatic carbocycles. The number of likely N-dealkylation sites (tertiary alicyclic amines) is 1. The smallest absolute Gasteiger partial charge is 0.223 e. The van der Waals surface area contributed by atoms with Gasteiger partial charge in [-0.05, 0) is 36.6 Å². The lowest BCUT2D eigenvalue weighted by Crippen LogP contribution is -2.30. The lowest BCUT2D eigenvalue weighted by molar-refractivity contribution is -0.130. The minimum atomic E-state index is 0.280. The number of pyridine rings is 1. The Morgan fingerprint density at radius 1 is 1.24 bits per heavy atom. The first-order valence-corrected chi connectivity index (χ1v) is 7.65. The lowest BCUT2D eigenvalue weighted by Gasteiger charge is -2.15. The molecule has 2 heterocycles. The van der Waals surface area contributed by atoms with E-state index in [-0.39, 0.29) is 5.91 Å². The van der Waals surface area contributed by atoms with Crippen LogP contribution in [0.1, 0.15) is 24.8 Å². The fraction of sp³-hybridized carbons (Fsp3) is 0.412. The molecule has 3 rings (SSSR count). The van der Waals surface area contributed by atoms with Crippen molar-refractivity contribution < 1.29 is 4.79 Å². The number of nitrogens with one attached hydrogen (secondary N) is 1. The maximum absolute atomic E-state index is 11.9. The zero-order valence-electron chi connectivity index (χ0n) is 12.2. The first kappa shape index (κ1) is 14.0. The van der Waals surface area contributed by atoms with E-state index in [0.717, 1.165) is 49.9 Å². The molecular weight excluding hydrogens is 262 g/mol. The van der Waals surface area contributed by atoms with E-state index in [0.29, 0.717) is 6.42 Å². The van der Waals surface area contributed by atoms with E-state index < -0.39 is 0 Å². The van der Waals surface area contributed by atoms with Crippen LogP contribution in [0, 0.1) is 0 Å². The van der Waals surface area contributed by atoms with Gasteiger partial charge in [-0.3, -0.25) is 9.78 Å². The van der Waals surface area contributed by atoms with Gasteiger partial charge in [0, 0.05) is 44.2 Å². The molecule has 4 nitrogen and oxygen atoms in total. The van der Waals surface area contributed by atoms with Crippen LogP contribution in [0.2, 0.25) is 0 Å². The molecule has 4 heteroatoms. The normalized spacial score (nSPS) is 14.8. The predicted octanol–water partition coefficient (Wildman–Crippen LogP) is 2.34. The topological polar surface area (TPSA) is 45.2 Å². The Kier molecular flexibility index (Phi) is 4.46. The molecule has 21 heavy (non-hydrogen) atoms. The Morgan fingerprint density at radius 2 is 2.10 bits per heavy atom. The van der Waals surface area contributed by atoms with Crippen molar-refractivity contribution in [2.24, 2.45) is 0 Å². The van der Waals surface area contributed by atoms with Crippen LogP contribution in [0.4, 0.5) is 0 Å². The summed E-state index contributed by atoms with van der Waals surface area (Å²) in [4.78, 5) is 18.2. The monoisotopic (exact) mass is 283 g/mol. The van der Waals surface area contributed by atoms with Crippen molar-refractivity contribution in [3.63, 3.8) is 0 Å². The molecule has 0 bridgehead atoms. The van der Waals surface area contributed by atoms with Gasteiger partial charge < -0.3 is 10.2 Å². The van der Waals surface area contributed by atoms with Crippen LogP contribution in [0.15, 0.2) is 36.5 Å². The number of carbonyl (C=O) groups is 1. The third kappa shape index (κ3) is 3.58. The van der Waals surface area contributed by atoms with Crippen LogP contribution in [-0.4, -0.2) is 35.4 Å². The van der Waals surface area contributed by atoms with E-state index in [1.165, 1.54) is 5.56 Å². The summed E-state index contributed by atoms with van der Waals surface area (Å²) in [5, 5.41) is 4.51. The highest BCUT2D eigenvalue weighted by molar-refractivity contribution is 5.79. The Balaban J connectivity index is 1.46. The highest BCUT2D eigenvalue weighted by atomic mass is 16.2. The van der Waals surface area contributed by atoms with Crippen LogP contribution < -0.4 is 5.32 Å². The summed E-state index contributed by atoms with van der Waals surface area (Å²) in [6.07, 6.45) is 4.72. The number of rotatable bonds is 5. The van der Waals surface area contributed by atoms with E-state index in [9.17, 15) is 4.79 Å². The quantitative estimate of drug-likeness (QED) is 0.857. The van der Waals surface area contributed by atoms with Crippen LogP contribution in [0.5, 0.6) is 0 Å². The van der Waals surface area contributed by atoms with Gasteiger partial charge in [0.2, 0.25) is 5.91 Å². The molecule has 0 spiro atoms. The lowest BCUT2D eigenvalue weighted by atomic mass is 10.1. The fourth-order valence-corrected chi connectivity index (χ4v) is 2.79. The Hall–Kier alpha value is -1.94. The maximum Gasteiger partial charge on any atom is 0.223 e. The van der Waals surface area contributed by atoms with E-state index >= 15 is 0 Å². The van der Waals surface area contributed by atoms with Gasteiger partial charge in [-0.2, -0.15) is 0 Å². The molecule has 1 fully saturated rings. The predicted molar refractivity (Wildman–Crippen MR) is 83.9 cm³/mol. The number of aromatic nitrogens is 1. The maximum atomic E-state index is 11.9. The molecule has 1 aliphatic heterocycles. The highest BCUT2D eigenvalue weighted by Gasteiger charge is 2.16. The molecule has 0 unspecified atom stereocenters. The number of carbonyl (C=O) groups excluding carboxylic acids is 1. The molecule has 1 aromatic carbocycles. The number of amides is 1. The summed E-state index contributed by atoms with van der Waals surface area (Å²) in [7, 11) is 0. The molecule has 110 valence electrons. The zero-order valence-corrected chi connectivity index (χ0v) is 12.2. The Labute approximate surface area is 125 Å². The average Bonchev–Trinajstić information content (AvgIpc) is 3.06. The van der Waals surface area contributed by atoms with Crippen molar-refractivity contribution in [3.8, 4) is 0 Å². The van der Waals surface area contributed by atoms with Crippen molar-refractivity contribution in [2.45, 2.75) is 25.8 Å². The second kappa shape index (κ2) is 6.68. The summed E-state index contributed by atoms with van der Waals surface area (Å²) < 4.78 is 0. The van der Waals surface area contributed by atoms with Gasteiger partial charge in [0.25, 0.3) is 0 Å². The zero-order chi connectivity index (χ0) is 14.5. The molecule has 0 atom stereocenters. The number of benzene rings is 1. The van der Waals surface area contributed by atoms with Gasteiger partial charge >= 0.3 is 0 Å². The molecule has 1 saturated heterocycles. The molecule has 1 aromatic heterocycles. The molecule has 1 aliphatic rings. The van der Waals surface area contributed by atoms with Crippen molar-refractivity contribution in [1.82, 2.24) is 15.2 Å². The first-order chi connectivity index (χ1) is 10.3. The summed E-state index contributed by atoms with van der Waals surface area (Å²) in [5.41, 5.74) is 2.24. The SMILES string of the molecule is O=C(CCNCc1ccc2ncccc2c1)N1CCCC1. The highest BCUT2D eigenvalue weighted by Crippen LogP contribution is 2.13. The summed E-state index contributed by atoms with van der Waals surface area (Å²) in [6, 6.07) is 10.3. The Bertz CT molecular complexity index is 620. The average molecular weight is 283 g/mol. The standard InChI is InChI=1S/C17H21N3O/c21-17(20-10-1-2-11-20)7-9-18-13-14-5-6-16-15(12-14)4-3-8-19-16/h3-6,8,12,18H,1-2,7,9-11,13H2. The van der Waals surface area contributed by atoms with Crippen LogP contribution in [0.3, 0.4) is 0 Å². The molecule has 1 N–H and O–H groups in total. The van der Waals surface area contributed by atoms with Crippen molar-refractivity contribution in [1.29, 1.82) is 0 Å². The fourth-order valence-electron chi connectivity index (χ4n) is 2.79. The largest absolute Gasteiger partial charge is 0.343 e. The van der Waals surface area contributed by atoms with Gasteiger partial charge in [-0.15, -0.1) is 0 Å². The summed E-state index contributed by atoms with van der Waals surface area (Å²) in [5.74, 6) is 0.280. The summed E-state index contributed by atoms with van der Waals surface area (Å²) in [6.45, 7) is 3.41. The van der Waals surface area contributed by atoms with Crippen molar-refractivity contribution in [2.75, 3.05) is 19.6 Å². The van der Waals surface area contributed by atoms with Crippen LogP contribution in [-0.2, 0) is 11.3 Å². The van der Waals surface area contributed by atoms with E-state index in [2.05, 4.69) is 28.5 Å². The molecule has 1 amide bonds. The molecule has 0 saturated carbocycles. The van der Waals surface area contributed by atoms with Gasteiger partial charge in [0.15, 0.2) is 0 Å². The number of hydrogen-bond donors (Lipinski definition) is 1. The van der Waals surface area contributed by atoms with E-state index in [1.807, 2.05) is 23.2 Å². The molecule has 0 radical (unpaired) electrons. The van der Waals surface area contributed by atoms with E-state index in [1.54, 1.807) is 0 Å². The second-order valence-electron chi connectivity index (χ2n) is 5.55. The molecular formula is C17H21N3O. The minimum absolute atomic E-state index is 0.280. The second-order valence-corrected chi connectivity index (χ2v) is 5.55. The minimum Gasteiger partial charge on any atom is -0.343 e. The third-order valence-corrected chi connectivity index (χ3v) is 3.97. The van der Waals surface area contributed by atoms with Gasteiger partial charge in [-0.25, -0.2) is 0 Å². The van der Waals surface area contributed by atoms with Gasteiger partial charge in [0.05, 0.1) is 5.52 Å². The van der Waals surface area contributed by atoms with Gasteiger partial charge in [0.1, 0.15) is 0 Å². The first-order valence-electron chi connectivity index (χ1n) is 7.65. The molecule has 2 aromatic rings. The van der Waals surface area contributed by atoms with Gasteiger partial charge in [-0.1, -0.05) is 12.1 Å². The number of hydrogen-bond acceptors (Lipinski definition) is 3. The van der Waals surface area contributed by atoms with Crippen LogP contribution >= 0.6 is 0 Å². The third-order valence-electron chi connectivity index (χ3n) is 3.97.